The second kappa shape index (κ2) is 5.99. The Morgan fingerprint density at radius 3 is 2.75 bits per heavy atom. The maximum absolute atomic E-state index is 5.81. The Morgan fingerprint density at radius 1 is 1.25 bits per heavy atom. The molecule has 1 heterocycles. The second-order valence-corrected chi connectivity index (χ2v) is 4.89. The lowest BCUT2D eigenvalue weighted by atomic mass is 10.2. The lowest BCUT2D eigenvalue weighted by molar-refractivity contribution is 0.685. The van der Waals surface area contributed by atoms with Crippen LogP contribution in [0.4, 0.5) is 0 Å². The highest BCUT2D eigenvalue weighted by molar-refractivity contribution is 7.09. The number of hydrogen-bond acceptors (Lipinski definition) is 3. The molecular weight excluding hydrogens is 240 g/mol. The van der Waals surface area contributed by atoms with E-state index >= 15 is 0 Å². The maximum Gasteiger partial charge on any atom is 0.0937 e. The fourth-order valence-corrected chi connectivity index (χ4v) is 2.15. The smallest absolute Gasteiger partial charge is 0.0937 e. The standard InChI is InChI=1S/C12H13ClN2S/c13-11-3-1-10(2-4-11)9-14-6-5-12-15-7-8-16-12/h1-4,7-8,14H,5-6,9H2. The van der Waals surface area contributed by atoms with Crippen molar-refractivity contribution in [2.75, 3.05) is 6.54 Å². The van der Waals surface area contributed by atoms with Crippen LogP contribution in [0.15, 0.2) is 35.8 Å². The van der Waals surface area contributed by atoms with E-state index in [1.807, 2.05) is 35.8 Å². The molecule has 84 valence electrons. The highest BCUT2D eigenvalue weighted by Gasteiger charge is 1.96. The lowest BCUT2D eigenvalue weighted by Crippen LogP contribution is -2.16. The zero-order valence-electron chi connectivity index (χ0n) is 8.82. The summed E-state index contributed by atoms with van der Waals surface area (Å²) in [7, 11) is 0. The maximum atomic E-state index is 5.81. The SMILES string of the molecule is Clc1ccc(CNCCc2nccs2)cc1. The van der Waals surface area contributed by atoms with Gasteiger partial charge in [-0.15, -0.1) is 11.3 Å². The van der Waals surface area contributed by atoms with Gasteiger partial charge in [0.15, 0.2) is 0 Å². The summed E-state index contributed by atoms with van der Waals surface area (Å²) in [5, 5.41) is 7.36. The van der Waals surface area contributed by atoms with Crippen molar-refractivity contribution >= 4 is 22.9 Å². The molecule has 0 amide bonds. The second-order valence-electron chi connectivity index (χ2n) is 3.48. The van der Waals surface area contributed by atoms with Crippen LogP contribution >= 0.6 is 22.9 Å². The molecular formula is C12H13ClN2S. The van der Waals surface area contributed by atoms with Crippen LogP contribution in [0.25, 0.3) is 0 Å². The van der Waals surface area contributed by atoms with Gasteiger partial charge in [0.2, 0.25) is 0 Å². The molecule has 0 aliphatic heterocycles. The summed E-state index contributed by atoms with van der Waals surface area (Å²) in [6, 6.07) is 7.91. The molecule has 0 spiro atoms. The van der Waals surface area contributed by atoms with Crippen molar-refractivity contribution in [3.8, 4) is 0 Å². The molecule has 2 rings (SSSR count). The topological polar surface area (TPSA) is 24.9 Å². The predicted octanol–water partition coefficient (Wildman–Crippen LogP) is 3.13. The minimum atomic E-state index is 0.784. The highest BCUT2D eigenvalue weighted by Crippen LogP contribution is 2.09. The number of halogens is 1. The average Bonchev–Trinajstić information content (AvgIpc) is 2.80. The molecule has 1 N–H and O–H groups in total. The molecule has 1 aromatic carbocycles. The number of hydrogen-bond donors (Lipinski definition) is 1. The minimum absolute atomic E-state index is 0.784. The van der Waals surface area contributed by atoms with E-state index in [-0.39, 0.29) is 0 Å². The first-order chi connectivity index (χ1) is 7.84. The monoisotopic (exact) mass is 252 g/mol. The van der Waals surface area contributed by atoms with E-state index in [0.717, 1.165) is 24.5 Å². The molecule has 0 unspecified atom stereocenters. The third-order valence-electron chi connectivity index (χ3n) is 2.24. The summed E-state index contributed by atoms with van der Waals surface area (Å²) in [6.45, 7) is 1.83. The molecule has 0 aliphatic rings. The molecule has 2 aromatic rings. The van der Waals surface area contributed by atoms with Crippen LogP contribution in [-0.2, 0) is 13.0 Å². The molecule has 0 radical (unpaired) electrons. The van der Waals surface area contributed by atoms with Gasteiger partial charge in [0, 0.05) is 36.1 Å². The predicted molar refractivity (Wildman–Crippen MR) is 69.0 cm³/mol. The molecule has 1 aromatic heterocycles. The molecule has 0 bridgehead atoms. The van der Waals surface area contributed by atoms with Crippen molar-refractivity contribution < 1.29 is 0 Å². The first-order valence-corrected chi connectivity index (χ1v) is 6.44. The molecule has 0 fully saturated rings. The average molecular weight is 253 g/mol. The summed E-state index contributed by atoms with van der Waals surface area (Å²) in [4.78, 5) is 4.23. The minimum Gasteiger partial charge on any atom is -0.312 e. The quantitative estimate of drug-likeness (QED) is 0.827. The Hall–Kier alpha value is -0.900. The van der Waals surface area contributed by atoms with Crippen molar-refractivity contribution in [3.05, 3.63) is 51.4 Å². The molecule has 16 heavy (non-hydrogen) atoms. The number of nitrogens with zero attached hydrogens (tertiary/aromatic N) is 1. The van der Waals surface area contributed by atoms with Crippen LogP contribution < -0.4 is 5.32 Å². The number of thiazole rings is 1. The van der Waals surface area contributed by atoms with Gasteiger partial charge >= 0.3 is 0 Å². The fourth-order valence-electron chi connectivity index (χ4n) is 1.41. The number of nitrogens with one attached hydrogen (secondary N) is 1. The van der Waals surface area contributed by atoms with E-state index in [0.29, 0.717) is 0 Å². The Balaban J connectivity index is 1.70. The number of rotatable bonds is 5. The largest absolute Gasteiger partial charge is 0.312 e. The van der Waals surface area contributed by atoms with Crippen molar-refractivity contribution in [2.45, 2.75) is 13.0 Å². The Kier molecular flexibility index (Phi) is 4.34. The molecule has 0 saturated heterocycles. The van der Waals surface area contributed by atoms with Gasteiger partial charge in [-0.25, -0.2) is 4.98 Å². The van der Waals surface area contributed by atoms with Crippen LogP contribution in [0.2, 0.25) is 5.02 Å². The van der Waals surface area contributed by atoms with E-state index in [1.165, 1.54) is 10.6 Å². The van der Waals surface area contributed by atoms with Gasteiger partial charge < -0.3 is 5.32 Å². The van der Waals surface area contributed by atoms with Gasteiger partial charge in [0.1, 0.15) is 0 Å². The third-order valence-corrected chi connectivity index (χ3v) is 3.33. The Bertz CT molecular complexity index is 411. The Morgan fingerprint density at radius 2 is 2.06 bits per heavy atom. The molecule has 0 aliphatic carbocycles. The van der Waals surface area contributed by atoms with Crippen LogP contribution in [0.1, 0.15) is 10.6 Å². The fraction of sp³-hybridized carbons (Fsp3) is 0.250. The van der Waals surface area contributed by atoms with E-state index < -0.39 is 0 Å². The molecule has 0 saturated carbocycles. The third kappa shape index (κ3) is 3.59. The highest BCUT2D eigenvalue weighted by atomic mass is 35.5. The van der Waals surface area contributed by atoms with Gasteiger partial charge in [0.25, 0.3) is 0 Å². The summed E-state index contributed by atoms with van der Waals surface area (Å²) in [6.07, 6.45) is 2.84. The first-order valence-electron chi connectivity index (χ1n) is 5.18. The zero-order chi connectivity index (χ0) is 11.2. The van der Waals surface area contributed by atoms with Gasteiger partial charge in [-0.05, 0) is 17.7 Å². The van der Waals surface area contributed by atoms with E-state index in [4.69, 9.17) is 11.6 Å². The van der Waals surface area contributed by atoms with Crippen molar-refractivity contribution in [2.24, 2.45) is 0 Å². The number of benzene rings is 1. The van der Waals surface area contributed by atoms with Gasteiger partial charge in [-0.1, -0.05) is 23.7 Å². The molecule has 0 atom stereocenters. The summed E-state index contributed by atoms with van der Waals surface area (Å²) in [5.41, 5.74) is 1.25. The molecule has 2 nitrogen and oxygen atoms in total. The van der Waals surface area contributed by atoms with Gasteiger partial charge in [-0.2, -0.15) is 0 Å². The molecule has 4 heteroatoms. The van der Waals surface area contributed by atoms with Crippen molar-refractivity contribution in [1.82, 2.24) is 10.3 Å². The normalized spacial score (nSPS) is 10.6. The summed E-state index contributed by atoms with van der Waals surface area (Å²) < 4.78 is 0. The summed E-state index contributed by atoms with van der Waals surface area (Å²) in [5.74, 6) is 0. The first kappa shape index (κ1) is 11.6. The summed E-state index contributed by atoms with van der Waals surface area (Å²) >= 11 is 7.52. The van der Waals surface area contributed by atoms with Crippen LogP contribution in [0.3, 0.4) is 0 Å². The van der Waals surface area contributed by atoms with Crippen LogP contribution in [-0.4, -0.2) is 11.5 Å². The van der Waals surface area contributed by atoms with Crippen LogP contribution in [0, 0.1) is 0 Å². The van der Waals surface area contributed by atoms with Gasteiger partial charge in [0.05, 0.1) is 5.01 Å². The number of aromatic nitrogens is 1. The van der Waals surface area contributed by atoms with Crippen molar-refractivity contribution in [3.63, 3.8) is 0 Å². The van der Waals surface area contributed by atoms with Gasteiger partial charge in [-0.3, -0.25) is 0 Å². The zero-order valence-corrected chi connectivity index (χ0v) is 10.4. The van der Waals surface area contributed by atoms with Crippen LogP contribution in [0.5, 0.6) is 0 Å². The van der Waals surface area contributed by atoms with E-state index in [2.05, 4.69) is 10.3 Å². The van der Waals surface area contributed by atoms with E-state index in [1.54, 1.807) is 11.3 Å². The van der Waals surface area contributed by atoms with Crippen molar-refractivity contribution in [1.29, 1.82) is 0 Å². The Labute approximate surface area is 104 Å². The van der Waals surface area contributed by atoms with E-state index in [9.17, 15) is 0 Å². The lowest BCUT2D eigenvalue weighted by Gasteiger charge is -2.03.